The topological polar surface area (TPSA) is 57.2 Å². The van der Waals surface area contributed by atoms with Gasteiger partial charge in [-0.2, -0.15) is 5.26 Å². The van der Waals surface area contributed by atoms with Gasteiger partial charge in [-0.05, 0) is 12.1 Å². The Labute approximate surface area is 99.0 Å². The first-order valence-electron chi connectivity index (χ1n) is 5.33. The van der Waals surface area contributed by atoms with E-state index in [1.807, 2.05) is 30.3 Å². The highest BCUT2D eigenvalue weighted by atomic mass is 16.3. The van der Waals surface area contributed by atoms with Crippen LogP contribution in [0, 0.1) is 11.3 Å². The fraction of sp³-hybridized carbons (Fsp3) is 0.231. The number of furan rings is 1. The molecule has 0 saturated heterocycles. The van der Waals surface area contributed by atoms with Crippen molar-refractivity contribution in [2.45, 2.75) is 6.42 Å². The molecule has 0 aliphatic rings. The van der Waals surface area contributed by atoms with E-state index in [9.17, 15) is 4.79 Å². The molecule has 1 amide bonds. The summed E-state index contributed by atoms with van der Waals surface area (Å²) in [6, 6.07) is 11.2. The summed E-state index contributed by atoms with van der Waals surface area (Å²) in [6.45, 7) is 0.409. The van der Waals surface area contributed by atoms with E-state index in [1.165, 1.54) is 4.90 Å². The number of benzene rings is 1. The Hall–Kier alpha value is -2.28. The molecule has 0 aliphatic heterocycles. The molecule has 0 unspecified atom stereocenters. The van der Waals surface area contributed by atoms with Crippen LogP contribution in [-0.2, 0) is 0 Å². The second kappa shape index (κ2) is 4.71. The lowest BCUT2D eigenvalue weighted by Gasteiger charge is -2.12. The summed E-state index contributed by atoms with van der Waals surface area (Å²) < 4.78 is 5.46. The highest BCUT2D eigenvalue weighted by Gasteiger charge is 2.15. The van der Waals surface area contributed by atoms with Crippen molar-refractivity contribution in [2.24, 2.45) is 0 Å². The molecule has 0 N–H and O–H groups in total. The molecule has 17 heavy (non-hydrogen) atoms. The molecule has 0 saturated carbocycles. The SMILES string of the molecule is CN(CCC#N)C(=O)c1cc2ccccc2o1. The van der Waals surface area contributed by atoms with Crippen LogP contribution in [0.25, 0.3) is 11.0 Å². The van der Waals surface area contributed by atoms with Gasteiger partial charge in [-0.25, -0.2) is 0 Å². The van der Waals surface area contributed by atoms with E-state index >= 15 is 0 Å². The first-order chi connectivity index (χ1) is 8.22. The first-order valence-corrected chi connectivity index (χ1v) is 5.33. The minimum atomic E-state index is -0.198. The van der Waals surface area contributed by atoms with Crippen molar-refractivity contribution in [1.82, 2.24) is 4.90 Å². The van der Waals surface area contributed by atoms with Crippen LogP contribution in [0.5, 0.6) is 0 Å². The third-order valence-corrected chi connectivity index (χ3v) is 2.54. The third-order valence-electron chi connectivity index (χ3n) is 2.54. The number of carbonyl (C=O) groups excluding carboxylic acids is 1. The van der Waals surface area contributed by atoms with Crippen LogP contribution in [0.1, 0.15) is 17.0 Å². The van der Waals surface area contributed by atoms with Gasteiger partial charge >= 0.3 is 0 Å². The van der Waals surface area contributed by atoms with Crippen molar-refractivity contribution in [2.75, 3.05) is 13.6 Å². The number of hydrogen-bond donors (Lipinski definition) is 0. The number of amides is 1. The standard InChI is InChI=1S/C13H12N2O2/c1-15(8-4-7-14)13(16)12-9-10-5-2-3-6-11(10)17-12/h2-3,5-6,9H,4,8H2,1H3. The second-order valence-corrected chi connectivity index (χ2v) is 3.78. The number of hydrogen-bond acceptors (Lipinski definition) is 3. The number of fused-ring (bicyclic) bond motifs is 1. The first kappa shape index (κ1) is 11.2. The molecule has 86 valence electrons. The van der Waals surface area contributed by atoms with Gasteiger partial charge in [-0.1, -0.05) is 18.2 Å². The zero-order valence-corrected chi connectivity index (χ0v) is 9.51. The van der Waals surface area contributed by atoms with Crippen LogP contribution in [-0.4, -0.2) is 24.4 Å². The largest absolute Gasteiger partial charge is 0.451 e. The van der Waals surface area contributed by atoms with Crippen LogP contribution in [0.2, 0.25) is 0 Å². The van der Waals surface area contributed by atoms with E-state index in [1.54, 1.807) is 13.1 Å². The molecule has 0 radical (unpaired) electrons. The van der Waals surface area contributed by atoms with Crippen LogP contribution in [0.4, 0.5) is 0 Å². The molecule has 4 heteroatoms. The smallest absolute Gasteiger partial charge is 0.289 e. The molecule has 0 fully saturated rings. The minimum Gasteiger partial charge on any atom is -0.451 e. The predicted molar refractivity (Wildman–Crippen MR) is 63.4 cm³/mol. The maximum atomic E-state index is 11.9. The Bertz CT molecular complexity index is 547. The number of rotatable bonds is 3. The average molecular weight is 228 g/mol. The summed E-state index contributed by atoms with van der Waals surface area (Å²) in [4.78, 5) is 13.4. The van der Waals surface area contributed by atoms with Gasteiger partial charge in [0.15, 0.2) is 5.76 Å². The molecule has 0 aliphatic carbocycles. The summed E-state index contributed by atoms with van der Waals surface area (Å²) in [5.74, 6) is 0.114. The van der Waals surface area contributed by atoms with Crippen molar-refractivity contribution >= 4 is 16.9 Å². The molecule has 1 heterocycles. The number of carbonyl (C=O) groups is 1. The lowest BCUT2D eigenvalue weighted by molar-refractivity contribution is 0.0769. The van der Waals surface area contributed by atoms with Crippen molar-refractivity contribution < 1.29 is 9.21 Å². The fourth-order valence-electron chi connectivity index (χ4n) is 1.59. The Kier molecular flexibility index (Phi) is 3.10. The summed E-state index contributed by atoms with van der Waals surface area (Å²) in [7, 11) is 1.66. The van der Waals surface area contributed by atoms with Crippen molar-refractivity contribution in [3.63, 3.8) is 0 Å². The van der Waals surface area contributed by atoms with Gasteiger partial charge in [0, 0.05) is 19.0 Å². The van der Waals surface area contributed by atoms with Gasteiger partial charge in [0.25, 0.3) is 5.91 Å². The number of nitrogens with zero attached hydrogens (tertiary/aromatic N) is 2. The predicted octanol–water partition coefficient (Wildman–Crippen LogP) is 2.42. The quantitative estimate of drug-likeness (QED) is 0.810. The summed E-state index contributed by atoms with van der Waals surface area (Å²) in [5.41, 5.74) is 0.699. The van der Waals surface area contributed by atoms with Crippen LogP contribution >= 0.6 is 0 Å². The highest BCUT2D eigenvalue weighted by molar-refractivity contribution is 5.95. The van der Waals surface area contributed by atoms with E-state index in [-0.39, 0.29) is 5.91 Å². The molecule has 2 rings (SSSR count). The molecular weight excluding hydrogens is 216 g/mol. The molecule has 2 aromatic rings. The number of nitriles is 1. The molecule has 0 bridgehead atoms. The average Bonchev–Trinajstić information content (AvgIpc) is 2.78. The maximum absolute atomic E-state index is 11.9. The van der Waals surface area contributed by atoms with E-state index < -0.39 is 0 Å². The lowest BCUT2D eigenvalue weighted by Crippen LogP contribution is -2.27. The zero-order valence-electron chi connectivity index (χ0n) is 9.51. The second-order valence-electron chi connectivity index (χ2n) is 3.78. The summed E-state index contributed by atoms with van der Waals surface area (Å²) >= 11 is 0. The Morgan fingerprint density at radius 3 is 2.94 bits per heavy atom. The summed E-state index contributed by atoms with van der Waals surface area (Å²) in [5, 5.41) is 9.38. The Morgan fingerprint density at radius 1 is 1.47 bits per heavy atom. The van der Waals surface area contributed by atoms with Crippen LogP contribution in [0.15, 0.2) is 34.7 Å². The Morgan fingerprint density at radius 2 is 2.24 bits per heavy atom. The molecule has 1 aromatic heterocycles. The monoisotopic (exact) mass is 228 g/mol. The minimum absolute atomic E-state index is 0.198. The van der Waals surface area contributed by atoms with E-state index in [0.717, 1.165) is 5.39 Å². The number of para-hydroxylation sites is 1. The zero-order chi connectivity index (χ0) is 12.3. The highest BCUT2D eigenvalue weighted by Crippen LogP contribution is 2.19. The Balaban J connectivity index is 2.22. The van der Waals surface area contributed by atoms with Gasteiger partial charge < -0.3 is 9.32 Å². The van der Waals surface area contributed by atoms with Gasteiger partial charge in [0.1, 0.15) is 5.58 Å². The normalized spacial score (nSPS) is 10.1. The van der Waals surface area contributed by atoms with Gasteiger partial charge in [0.05, 0.1) is 12.5 Å². The molecule has 4 nitrogen and oxygen atoms in total. The van der Waals surface area contributed by atoms with E-state index in [0.29, 0.717) is 24.3 Å². The summed E-state index contributed by atoms with van der Waals surface area (Å²) in [6.07, 6.45) is 0.322. The fourth-order valence-corrected chi connectivity index (χ4v) is 1.59. The van der Waals surface area contributed by atoms with Crippen molar-refractivity contribution in [1.29, 1.82) is 5.26 Å². The van der Waals surface area contributed by atoms with E-state index in [2.05, 4.69) is 0 Å². The molecular formula is C13H12N2O2. The van der Waals surface area contributed by atoms with Crippen LogP contribution in [0.3, 0.4) is 0 Å². The van der Waals surface area contributed by atoms with Gasteiger partial charge in [0.2, 0.25) is 0 Å². The van der Waals surface area contributed by atoms with Crippen molar-refractivity contribution in [3.8, 4) is 6.07 Å². The van der Waals surface area contributed by atoms with Crippen molar-refractivity contribution in [3.05, 3.63) is 36.1 Å². The molecule has 0 spiro atoms. The maximum Gasteiger partial charge on any atom is 0.289 e. The van der Waals surface area contributed by atoms with E-state index in [4.69, 9.17) is 9.68 Å². The van der Waals surface area contributed by atoms with Crippen LogP contribution < -0.4 is 0 Å². The molecule has 0 atom stereocenters. The van der Waals surface area contributed by atoms with Gasteiger partial charge in [-0.15, -0.1) is 0 Å². The molecule has 1 aromatic carbocycles. The third kappa shape index (κ3) is 2.28. The lowest BCUT2D eigenvalue weighted by atomic mass is 10.2. The van der Waals surface area contributed by atoms with Gasteiger partial charge in [-0.3, -0.25) is 4.79 Å².